The van der Waals surface area contributed by atoms with Crippen molar-refractivity contribution in [3.05, 3.63) is 52.9 Å². The molecule has 1 unspecified atom stereocenters. The summed E-state index contributed by atoms with van der Waals surface area (Å²) >= 11 is 0. The smallest absolute Gasteiger partial charge is 0.270 e. The molecule has 4 rings (SSSR count). The van der Waals surface area contributed by atoms with Crippen LogP contribution in [0.25, 0.3) is 0 Å². The van der Waals surface area contributed by atoms with Crippen molar-refractivity contribution in [3.63, 3.8) is 0 Å². The number of β-amino-alcohol motifs (C(OH)–C–C–N with tert-alkyl or cyclic N) is 1. The molecule has 3 heterocycles. The van der Waals surface area contributed by atoms with E-state index in [1.807, 2.05) is 36.2 Å². The van der Waals surface area contributed by atoms with Crippen LogP contribution in [0.4, 0.5) is 5.82 Å². The number of carbonyl (C=O) groups excluding carboxylic acids is 1. The summed E-state index contributed by atoms with van der Waals surface area (Å²) in [6.07, 6.45) is 7.34. The minimum Gasteiger partial charge on any atom is -0.389 e. The predicted molar refractivity (Wildman–Crippen MR) is 108 cm³/mol. The first-order valence-corrected chi connectivity index (χ1v) is 9.64. The zero-order chi connectivity index (χ0) is 19.8. The molecule has 0 aromatic carbocycles. The number of aryl methyl sites for hydroxylation is 1. The van der Waals surface area contributed by atoms with E-state index in [0.717, 1.165) is 11.3 Å². The van der Waals surface area contributed by atoms with Gasteiger partial charge in [0, 0.05) is 25.2 Å². The first-order chi connectivity index (χ1) is 13.4. The highest BCUT2D eigenvalue weighted by Crippen LogP contribution is 2.31. The molecule has 1 saturated heterocycles. The third-order valence-electron chi connectivity index (χ3n) is 5.42. The number of aliphatic imine (C=N–C) groups is 1. The van der Waals surface area contributed by atoms with Gasteiger partial charge < -0.3 is 15.3 Å². The van der Waals surface area contributed by atoms with Crippen LogP contribution in [0.5, 0.6) is 0 Å². The largest absolute Gasteiger partial charge is 0.389 e. The lowest BCUT2D eigenvalue weighted by atomic mass is 9.88. The Hall–Kier alpha value is -2.80. The molecule has 1 amide bonds. The highest BCUT2D eigenvalue weighted by molar-refractivity contribution is 6.00. The van der Waals surface area contributed by atoms with E-state index in [0.29, 0.717) is 30.5 Å². The minimum absolute atomic E-state index is 0.0518. The number of hydrogen-bond donors (Lipinski definition) is 2. The van der Waals surface area contributed by atoms with E-state index in [2.05, 4.69) is 46.5 Å². The third kappa shape index (κ3) is 3.49. The second kappa shape index (κ2) is 7.31. The van der Waals surface area contributed by atoms with Crippen molar-refractivity contribution in [2.45, 2.75) is 32.9 Å². The molecule has 1 aliphatic carbocycles. The van der Waals surface area contributed by atoms with Gasteiger partial charge >= 0.3 is 0 Å². The van der Waals surface area contributed by atoms with Crippen molar-refractivity contribution < 1.29 is 9.90 Å². The van der Waals surface area contributed by atoms with Gasteiger partial charge in [0.2, 0.25) is 0 Å². The number of fused-ring (bicyclic) bond motifs is 1. The lowest BCUT2D eigenvalue weighted by Gasteiger charge is -2.18. The zero-order valence-corrected chi connectivity index (χ0v) is 16.3. The predicted octanol–water partition coefficient (Wildman–Crippen LogP) is 1.56. The number of aliphatic hydroxyl groups is 1. The summed E-state index contributed by atoms with van der Waals surface area (Å²) in [4.78, 5) is 19.1. The summed E-state index contributed by atoms with van der Waals surface area (Å²) in [5, 5.41) is 21.6. The Balaban J connectivity index is 1.44. The van der Waals surface area contributed by atoms with Gasteiger partial charge in [0.1, 0.15) is 5.70 Å². The van der Waals surface area contributed by atoms with Crippen LogP contribution in [0.1, 0.15) is 19.5 Å². The number of aromatic nitrogens is 2. The van der Waals surface area contributed by atoms with Crippen LogP contribution in [-0.2, 0) is 4.79 Å². The number of carbonyl (C=O) groups is 1. The average Bonchev–Trinajstić information content (AvgIpc) is 3.25. The maximum Gasteiger partial charge on any atom is 0.270 e. The highest BCUT2D eigenvalue weighted by Gasteiger charge is 2.35. The number of aliphatic hydroxyl groups excluding tert-OH is 1. The summed E-state index contributed by atoms with van der Waals surface area (Å²) in [5.41, 5.74) is 3.44. The zero-order valence-electron chi connectivity index (χ0n) is 16.3. The number of nitrogens with zero attached hydrogens (tertiary/aromatic N) is 4. The van der Waals surface area contributed by atoms with Gasteiger partial charge in [-0.1, -0.05) is 32.1 Å². The van der Waals surface area contributed by atoms with Gasteiger partial charge in [-0.3, -0.25) is 9.79 Å². The SMILES string of the molecule is Cc1ccc(N2C[C@H](NC(=O)C3=C4C=CC(C(C)C)=CC4C=N3)[C@@H](O)C2)nn1. The Morgan fingerprint density at radius 2 is 2.07 bits per heavy atom. The molecule has 1 aromatic rings. The number of hydrogen-bond acceptors (Lipinski definition) is 6. The average molecular weight is 379 g/mol. The van der Waals surface area contributed by atoms with Crippen molar-refractivity contribution in [2.75, 3.05) is 18.0 Å². The molecule has 3 atom stereocenters. The molecule has 146 valence electrons. The van der Waals surface area contributed by atoms with Gasteiger partial charge in [-0.25, -0.2) is 0 Å². The normalized spacial score (nSPS) is 26.1. The van der Waals surface area contributed by atoms with Crippen LogP contribution >= 0.6 is 0 Å². The molecule has 2 aliphatic heterocycles. The number of amides is 1. The maximum absolute atomic E-state index is 12.8. The molecule has 0 bridgehead atoms. The number of nitrogens with one attached hydrogen (secondary N) is 1. The Morgan fingerprint density at radius 3 is 2.79 bits per heavy atom. The fourth-order valence-electron chi connectivity index (χ4n) is 3.73. The fourth-order valence-corrected chi connectivity index (χ4v) is 3.73. The van der Waals surface area contributed by atoms with Crippen LogP contribution in [0, 0.1) is 18.8 Å². The van der Waals surface area contributed by atoms with Crippen LogP contribution in [0.15, 0.2) is 52.2 Å². The van der Waals surface area contributed by atoms with Crippen molar-refractivity contribution in [2.24, 2.45) is 16.8 Å². The summed E-state index contributed by atoms with van der Waals surface area (Å²) < 4.78 is 0. The summed E-state index contributed by atoms with van der Waals surface area (Å²) in [5.74, 6) is 0.939. The highest BCUT2D eigenvalue weighted by atomic mass is 16.3. The second-order valence-corrected chi connectivity index (χ2v) is 7.85. The standard InChI is InChI=1S/C21H25N5O2/c1-12(2)14-5-6-16-15(8-14)9-22-20(16)21(28)23-17-10-26(11-18(17)27)19-7-4-13(3)24-25-19/h4-9,12,15,17-18,27H,10-11H2,1-3H3,(H,23,28)/t15?,17-,18-/m0/s1. The van der Waals surface area contributed by atoms with E-state index in [1.165, 1.54) is 5.57 Å². The molecule has 0 spiro atoms. The van der Waals surface area contributed by atoms with E-state index >= 15 is 0 Å². The van der Waals surface area contributed by atoms with Gasteiger partial charge in [-0.2, -0.15) is 5.10 Å². The Labute approximate surface area is 164 Å². The Bertz CT molecular complexity index is 898. The topological polar surface area (TPSA) is 90.7 Å². The lowest BCUT2D eigenvalue weighted by Crippen LogP contribution is -2.43. The molecule has 3 aliphatic rings. The molecule has 2 N–H and O–H groups in total. The monoisotopic (exact) mass is 379 g/mol. The lowest BCUT2D eigenvalue weighted by molar-refractivity contribution is -0.118. The van der Waals surface area contributed by atoms with Crippen LogP contribution in [0.3, 0.4) is 0 Å². The van der Waals surface area contributed by atoms with Gasteiger partial charge in [0.05, 0.1) is 17.8 Å². The van der Waals surface area contributed by atoms with Gasteiger partial charge in [0.25, 0.3) is 5.91 Å². The van der Waals surface area contributed by atoms with Crippen molar-refractivity contribution in [1.82, 2.24) is 15.5 Å². The van der Waals surface area contributed by atoms with E-state index in [4.69, 9.17) is 0 Å². The minimum atomic E-state index is -0.673. The van der Waals surface area contributed by atoms with E-state index < -0.39 is 6.10 Å². The van der Waals surface area contributed by atoms with Crippen molar-refractivity contribution >= 4 is 17.9 Å². The van der Waals surface area contributed by atoms with Crippen LogP contribution in [0.2, 0.25) is 0 Å². The van der Waals surface area contributed by atoms with Crippen molar-refractivity contribution in [1.29, 1.82) is 0 Å². The van der Waals surface area contributed by atoms with E-state index in [-0.39, 0.29) is 17.9 Å². The molecular weight excluding hydrogens is 354 g/mol. The summed E-state index contributed by atoms with van der Waals surface area (Å²) in [6, 6.07) is 3.38. The third-order valence-corrected chi connectivity index (χ3v) is 5.42. The number of rotatable bonds is 4. The van der Waals surface area contributed by atoms with Gasteiger partial charge in [0.15, 0.2) is 5.82 Å². The number of anilines is 1. The summed E-state index contributed by atoms with van der Waals surface area (Å²) in [6.45, 7) is 7.06. The fraction of sp³-hybridized carbons (Fsp3) is 0.429. The molecule has 7 nitrogen and oxygen atoms in total. The molecule has 0 radical (unpaired) electrons. The number of allylic oxidation sites excluding steroid dienone is 5. The van der Waals surface area contributed by atoms with E-state index in [9.17, 15) is 9.90 Å². The van der Waals surface area contributed by atoms with Crippen LogP contribution < -0.4 is 10.2 Å². The first-order valence-electron chi connectivity index (χ1n) is 9.64. The summed E-state index contributed by atoms with van der Waals surface area (Å²) in [7, 11) is 0. The van der Waals surface area contributed by atoms with Gasteiger partial charge in [-0.15, -0.1) is 5.10 Å². The molecule has 7 heteroatoms. The Morgan fingerprint density at radius 1 is 1.25 bits per heavy atom. The van der Waals surface area contributed by atoms with Crippen LogP contribution in [-0.4, -0.2) is 52.7 Å². The molecule has 28 heavy (non-hydrogen) atoms. The molecule has 1 fully saturated rings. The molecule has 1 aromatic heterocycles. The second-order valence-electron chi connectivity index (χ2n) is 7.85. The van der Waals surface area contributed by atoms with Gasteiger partial charge in [-0.05, 0) is 36.1 Å². The maximum atomic E-state index is 12.8. The first kappa shape index (κ1) is 18.6. The van der Waals surface area contributed by atoms with Crippen molar-refractivity contribution in [3.8, 4) is 0 Å². The molecule has 0 saturated carbocycles. The molecular formula is C21H25N5O2. The quantitative estimate of drug-likeness (QED) is 0.828. The van der Waals surface area contributed by atoms with E-state index in [1.54, 1.807) is 0 Å². The Kier molecular flexibility index (Phi) is 4.85.